The van der Waals surface area contributed by atoms with Crippen molar-refractivity contribution < 1.29 is 9.53 Å². The second kappa shape index (κ2) is 10.3. The number of hydrogen-bond acceptors (Lipinski definition) is 4. The van der Waals surface area contributed by atoms with Crippen LogP contribution in [0.4, 0.5) is 0 Å². The molecule has 0 aliphatic carbocycles. The maximum absolute atomic E-state index is 12.5. The number of nitrogens with zero attached hydrogens (tertiary/aromatic N) is 3. The Kier molecular flexibility index (Phi) is 7.00. The topological polar surface area (TPSA) is 68.5 Å². The molecule has 1 aromatic heterocycles. The van der Waals surface area contributed by atoms with Gasteiger partial charge in [0.2, 0.25) is 0 Å². The fraction of sp³-hybridized carbons (Fsp3) is 0.115. The molecule has 0 unspecified atom stereocenters. The van der Waals surface area contributed by atoms with E-state index in [1.165, 1.54) is 5.56 Å². The van der Waals surface area contributed by atoms with Crippen molar-refractivity contribution in [1.82, 2.24) is 15.2 Å². The summed E-state index contributed by atoms with van der Waals surface area (Å²) < 4.78 is 8.31. The van der Waals surface area contributed by atoms with Gasteiger partial charge in [0.15, 0.2) is 6.10 Å². The molecule has 166 valence electrons. The van der Waals surface area contributed by atoms with Gasteiger partial charge in [0.25, 0.3) is 5.91 Å². The molecule has 1 N–H and O–H groups in total. The largest absolute Gasteiger partial charge is 0.480 e. The lowest BCUT2D eigenvalue weighted by Crippen LogP contribution is -2.33. The van der Waals surface area contributed by atoms with Crippen LogP contribution in [0.15, 0.2) is 94.6 Å². The molecule has 0 spiro atoms. The first-order valence-electron chi connectivity index (χ1n) is 10.5. The summed E-state index contributed by atoms with van der Waals surface area (Å²) in [5.41, 5.74) is 7.18. The molecule has 4 aromatic rings. The summed E-state index contributed by atoms with van der Waals surface area (Å²) >= 11 is 3.42. The van der Waals surface area contributed by atoms with Crippen LogP contribution in [0, 0.1) is 6.92 Å². The molecule has 0 aliphatic heterocycles. The summed E-state index contributed by atoms with van der Waals surface area (Å²) in [6.07, 6.45) is 2.77. The normalized spacial score (nSPS) is 12.0. The average Bonchev–Trinajstić information content (AvgIpc) is 3.25. The van der Waals surface area contributed by atoms with Crippen LogP contribution in [0.25, 0.3) is 16.9 Å². The molecule has 0 aliphatic rings. The fourth-order valence-electron chi connectivity index (χ4n) is 3.17. The van der Waals surface area contributed by atoms with E-state index in [4.69, 9.17) is 9.84 Å². The summed E-state index contributed by atoms with van der Waals surface area (Å²) in [7, 11) is 0. The van der Waals surface area contributed by atoms with E-state index in [0.717, 1.165) is 27.0 Å². The first-order valence-corrected chi connectivity index (χ1v) is 11.3. The Labute approximate surface area is 201 Å². The first kappa shape index (κ1) is 22.5. The molecule has 1 atom stereocenters. The number of amides is 1. The zero-order valence-electron chi connectivity index (χ0n) is 18.3. The van der Waals surface area contributed by atoms with Gasteiger partial charge < -0.3 is 4.74 Å². The number of halogens is 1. The highest BCUT2D eigenvalue weighted by Crippen LogP contribution is 2.25. The van der Waals surface area contributed by atoms with Crippen LogP contribution in [0.5, 0.6) is 5.75 Å². The number of hydrazone groups is 1. The minimum absolute atomic E-state index is 0.352. The van der Waals surface area contributed by atoms with Crippen molar-refractivity contribution in [1.29, 1.82) is 0 Å². The van der Waals surface area contributed by atoms with E-state index in [9.17, 15) is 4.79 Å². The Bertz CT molecular complexity index is 1270. The van der Waals surface area contributed by atoms with Gasteiger partial charge in [-0.15, -0.1) is 0 Å². The van der Waals surface area contributed by atoms with Gasteiger partial charge in [-0.25, -0.2) is 10.1 Å². The number of aryl methyl sites for hydroxylation is 1. The van der Waals surface area contributed by atoms with Crippen molar-refractivity contribution >= 4 is 28.1 Å². The summed E-state index contributed by atoms with van der Waals surface area (Å²) in [4.78, 5) is 12.5. The van der Waals surface area contributed by atoms with Crippen molar-refractivity contribution in [3.63, 3.8) is 0 Å². The smallest absolute Gasteiger partial charge is 0.280 e. The maximum Gasteiger partial charge on any atom is 0.280 e. The van der Waals surface area contributed by atoms with E-state index in [2.05, 4.69) is 26.5 Å². The zero-order chi connectivity index (χ0) is 23.2. The average molecular weight is 503 g/mol. The lowest BCUT2D eigenvalue weighted by atomic mass is 10.1. The van der Waals surface area contributed by atoms with Gasteiger partial charge in [0.05, 0.1) is 16.4 Å². The van der Waals surface area contributed by atoms with Crippen molar-refractivity contribution in [2.24, 2.45) is 5.10 Å². The zero-order valence-corrected chi connectivity index (χ0v) is 19.9. The monoisotopic (exact) mass is 502 g/mol. The van der Waals surface area contributed by atoms with Gasteiger partial charge in [0, 0.05) is 17.3 Å². The number of hydrogen-bond donors (Lipinski definition) is 1. The van der Waals surface area contributed by atoms with Crippen LogP contribution in [0.3, 0.4) is 0 Å². The van der Waals surface area contributed by atoms with E-state index in [-0.39, 0.29) is 5.91 Å². The van der Waals surface area contributed by atoms with Gasteiger partial charge in [-0.2, -0.15) is 10.2 Å². The number of carbonyl (C=O) groups is 1. The minimum Gasteiger partial charge on any atom is -0.480 e. The number of rotatable bonds is 7. The molecule has 7 heteroatoms. The maximum atomic E-state index is 12.5. The molecule has 4 rings (SSSR count). The molecule has 1 amide bonds. The lowest BCUT2D eigenvalue weighted by Gasteiger charge is -2.13. The summed E-state index contributed by atoms with van der Waals surface area (Å²) in [6.45, 7) is 3.72. The molecule has 0 saturated carbocycles. The third-order valence-electron chi connectivity index (χ3n) is 4.98. The fourth-order valence-corrected chi connectivity index (χ4v) is 3.55. The van der Waals surface area contributed by atoms with Gasteiger partial charge in [-0.3, -0.25) is 4.79 Å². The second-order valence-corrected chi connectivity index (χ2v) is 8.36. The molecule has 0 saturated heterocycles. The van der Waals surface area contributed by atoms with Crippen LogP contribution < -0.4 is 10.2 Å². The van der Waals surface area contributed by atoms with Crippen molar-refractivity contribution in [2.45, 2.75) is 20.0 Å². The number of benzene rings is 3. The highest BCUT2D eigenvalue weighted by Gasteiger charge is 2.16. The third kappa shape index (κ3) is 5.56. The van der Waals surface area contributed by atoms with Crippen LogP contribution in [0.2, 0.25) is 0 Å². The van der Waals surface area contributed by atoms with E-state index in [1.807, 2.05) is 85.9 Å². The second-order valence-electron chi connectivity index (χ2n) is 7.50. The molecular weight excluding hydrogens is 480 g/mol. The SMILES string of the molecule is Cc1ccc(-c2nn(-c3ccccc3)cc2C=NNC(=O)[C@H](C)Oc2ccccc2Br)cc1. The van der Waals surface area contributed by atoms with Crippen molar-refractivity contribution in [3.05, 3.63) is 101 Å². The number of nitrogens with one attached hydrogen (secondary N) is 1. The first-order chi connectivity index (χ1) is 16.0. The van der Waals surface area contributed by atoms with Crippen LogP contribution >= 0.6 is 15.9 Å². The van der Waals surface area contributed by atoms with E-state index in [0.29, 0.717) is 5.75 Å². The van der Waals surface area contributed by atoms with Crippen molar-refractivity contribution in [3.8, 4) is 22.7 Å². The number of para-hydroxylation sites is 2. The summed E-state index contributed by atoms with van der Waals surface area (Å²) in [5, 5.41) is 8.93. The Morgan fingerprint density at radius 2 is 1.76 bits per heavy atom. The Hall–Kier alpha value is -3.71. The van der Waals surface area contributed by atoms with Crippen molar-refractivity contribution in [2.75, 3.05) is 0 Å². The minimum atomic E-state index is -0.718. The summed E-state index contributed by atoms with van der Waals surface area (Å²) in [6, 6.07) is 25.4. The molecule has 0 bridgehead atoms. The van der Waals surface area contributed by atoms with Gasteiger partial charge >= 0.3 is 0 Å². The molecule has 6 nitrogen and oxygen atoms in total. The molecule has 33 heavy (non-hydrogen) atoms. The van der Waals surface area contributed by atoms with Crippen LogP contribution in [-0.4, -0.2) is 28.0 Å². The van der Waals surface area contributed by atoms with Crippen LogP contribution in [0.1, 0.15) is 18.1 Å². The van der Waals surface area contributed by atoms with Gasteiger partial charge in [0.1, 0.15) is 11.4 Å². The third-order valence-corrected chi connectivity index (χ3v) is 5.63. The van der Waals surface area contributed by atoms with E-state index in [1.54, 1.807) is 23.9 Å². The lowest BCUT2D eigenvalue weighted by molar-refractivity contribution is -0.127. The van der Waals surface area contributed by atoms with Crippen LogP contribution in [-0.2, 0) is 4.79 Å². The predicted molar refractivity (Wildman–Crippen MR) is 134 cm³/mol. The highest BCUT2D eigenvalue weighted by molar-refractivity contribution is 9.10. The number of carbonyl (C=O) groups excluding carboxylic acids is 1. The Morgan fingerprint density at radius 3 is 2.48 bits per heavy atom. The van der Waals surface area contributed by atoms with E-state index < -0.39 is 6.10 Å². The standard InChI is InChI=1S/C26H23BrN4O2/c1-18-12-14-20(15-13-18)25-21(17-31(30-25)22-8-4-3-5-9-22)16-28-29-26(32)19(2)33-24-11-7-6-10-23(24)27/h3-17,19H,1-2H3,(H,29,32)/t19-/m0/s1. The highest BCUT2D eigenvalue weighted by atomic mass is 79.9. The molecular formula is C26H23BrN4O2. The molecule has 0 fully saturated rings. The van der Waals surface area contributed by atoms with Gasteiger partial charge in [-0.1, -0.05) is 60.2 Å². The Balaban J connectivity index is 1.53. The molecule has 1 heterocycles. The Morgan fingerprint density at radius 1 is 1.06 bits per heavy atom. The predicted octanol–water partition coefficient (Wildman–Crippen LogP) is 5.53. The van der Waals surface area contributed by atoms with Gasteiger partial charge in [-0.05, 0) is 54.0 Å². The summed E-state index contributed by atoms with van der Waals surface area (Å²) in [5.74, 6) is 0.240. The van der Waals surface area contributed by atoms with E-state index >= 15 is 0 Å². The molecule has 3 aromatic carbocycles. The molecule has 0 radical (unpaired) electrons. The quantitative estimate of drug-likeness (QED) is 0.267. The number of aromatic nitrogens is 2. The number of ether oxygens (including phenoxy) is 1.